The highest BCUT2D eigenvalue weighted by Gasteiger charge is 2.06. The minimum absolute atomic E-state index is 0.261. The normalized spacial score (nSPS) is 12.3. The summed E-state index contributed by atoms with van der Waals surface area (Å²) in [6.07, 6.45) is 19.5. The van der Waals surface area contributed by atoms with Gasteiger partial charge in [0.15, 0.2) is 0 Å². The van der Waals surface area contributed by atoms with Crippen LogP contribution in [0.1, 0.15) is 71.1 Å². The Hall–Kier alpha value is -1.71. The number of aldehydes is 1. The molecule has 0 unspecified atom stereocenters. The minimum atomic E-state index is -0.297. The van der Waals surface area contributed by atoms with Gasteiger partial charge in [-0.3, -0.25) is 10.1 Å². The molecule has 4 heteroatoms. The number of nitrogens with zero attached hydrogens (tertiary/aromatic N) is 1. The average Bonchev–Trinajstić information content (AvgIpc) is 2.50. The van der Waals surface area contributed by atoms with Crippen molar-refractivity contribution in [3.63, 3.8) is 0 Å². The summed E-state index contributed by atoms with van der Waals surface area (Å²) >= 11 is 0. The molecule has 22 heavy (non-hydrogen) atoms. The van der Waals surface area contributed by atoms with E-state index < -0.39 is 0 Å². The summed E-state index contributed by atoms with van der Waals surface area (Å²) in [5, 5.41) is 11.0. The Morgan fingerprint density at radius 3 is 2.23 bits per heavy atom. The number of hydrogen-bond acceptors (Lipinski definition) is 3. The summed E-state index contributed by atoms with van der Waals surface area (Å²) in [5.41, 5.74) is 0.261. The molecule has 0 radical (unpaired) electrons. The van der Waals surface area contributed by atoms with Gasteiger partial charge in [0.2, 0.25) is 5.70 Å². The largest absolute Gasteiger partial charge is 0.303 e. The fraction of sp³-hybridized carbons (Fsp3) is 0.611. The molecule has 4 nitrogen and oxygen atoms in total. The minimum Gasteiger partial charge on any atom is -0.303 e. The topological polar surface area (TPSA) is 60.2 Å². The van der Waals surface area contributed by atoms with E-state index in [4.69, 9.17) is 0 Å². The van der Waals surface area contributed by atoms with Crippen LogP contribution in [0.4, 0.5) is 0 Å². The van der Waals surface area contributed by atoms with Crippen LogP contribution in [0.15, 0.2) is 36.1 Å². The molecule has 0 atom stereocenters. The van der Waals surface area contributed by atoms with E-state index in [0.29, 0.717) is 19.3 Å². The highest BCUT2D eigenvalue weighted by molar-refractivity contribution is 5.48. The number of unbranched alkanes of at least 4 members (excludes halogenated alkanes) is 6. The van der Waals surface area contributed by atoms with E-state index in [1.807, 2.05) is 24.3 Å². The molecule has 0 bridgehead atoms. The maximum absolute atomic E-state index is 11.0. The lowest BCUT2D eigenvalue weighted by Crippen LogP contribution is -1.97. The molecule has 0 N–H and O–H groups in total. The molecule has 0 aliphatic heterocycles. The predicted molar refractivity (Wildman–Crippen MR) is 91.3 cm³/mol. The Kier molecular flexibility index (Phi) is 14.5. The zero-order valence-corrected chi connectivity index (χ0v) is 13.7. The number of rotatable bonds is 14. The Labute approximate surface area is 134 Å². The number of carbonyl (C=O) groups is 1. The summed E-state index contributed by atoms with van der Waals surface area (Å²) in [6, 6.07) is 0. The van der Waals surface area contributed by atoms with Crippen LogP contribution >= 0.6 is 0 Å². The van der Waals surface area contributed by atoms with Gasteiger partial charge >= 0.3 is 0 Å². The van der Waals surface area contributed by atoms with Crippen molar-refractivity contribution in [2.45, 2.75) is 71.1 Å². The van der Waals surface area contributed by atoms with Gasteiger partial charge in [0.05, 0.1) is 11.3 Å². The molecule has 0 saturated carbocycles. The van der Waals surface area contributed by atoms with Crippen molar-refractivity contribution in [1.29, 1.82) is 0 Å². The van der Waals surface area contributed by atoms with Crippen molar-refractivity contribution in [2.24, 2.45) is 0 Å². The molecule has 124 valence electrons. The molecule has 0 rings (SSSR count). The first-order chi connectivity index (χ1) is 10.7. The van der Waals surface area contributed by atoms with E-state index in [-0.39, 0.29) is 10.6 Å². The van der Waals surface area contributed by atoms with E-state index in [1.54, 1.807) is 6.08 Å². The van der Waals surface area contributed by atoms with Crippen molar-refractivity contribution in [1.82, 2.24) is 0 Å². The average molecular weight is 307 g/mol. The van der Waals surface area contributed by atoms with Gasteiger partial charge < -0.3 is 4.79 Å². The lowest BCUT2D eigenvalue weighted by Gasteiger charge is -1.95. The molecule has 0 aromatic rings. The molecule has 0 heterocycles. The second kappa shape index (κ2) is 15.7. The van der Waals surface area contributed by atoms with E-state index in [0.717, 1.165) is 38.4 Å². The predicted octanol–water partition coefficient (Wildman–Crippen LogP) is 5.38. The molecule has 0 amide bonds. The monoisotopic (exact) mass is 307 g/mol. The van der Waals surface area contributed by atoms with Gasteiger partial charge in [-0.15, -0.1) is 0 Å². The van der Waals surface area contributed by atoms with Gasteiger partial charge in [-0.2, -0.15) is 0 Å². The highest BCUT2D eigenvalue weighted by Crippen LogP contribution is 2.08. The maximum Gasteiger partial charge on any atom is 0.246 e. The van der Waals surface area contributed by atoms with Crippen LogP contribution in [0.25, 0.3) is 0 Å². The SMILES string of the molecule is CCCCC/C=C\C/C(=C\C/C=C\CCCCC=O)[N+](=O)[O-]. The molecule has 0 fully saturated rings. The zero-order valence-electron chi connectivity index (χ0n) is 13.7. The fourth-order valence-corrected chi connectivity index (χ4v) is 1.97. The van der Waals surface area contributed by atoms with Crippen molar-refractivity contribution in [3.05, 3.63) is 46.2 Å². The maximum atomic E-state index is 11.0. The van der Waals surface area contributed by atoms with Gasteiger partial charge in [0, 0.05) is 6.42 Å². The summed E-state index contributed by atoms with van der Waals surface area (Å²) in [5.74, 6) is 0. The third kappa shape index (κ3) is 13.3. The van der Waals surface area contributed by atoms with Gasteiger partial charge in [-0.05, 0) is 44.6 Å². The number of carbonyl (C=O) groups excluding carboxylic acids is 1. The third-order valence-corrected chi connectivity index (χ3v) is 3.30. The molecule has 0 aromatic carbocycles. The molecular weight excluding hydrogens is 278 g/mol. The van der Waals surface area contributed by atoms with Crippen molar-refractivity contribution in [3.8, 4) is 0 Å². The fourth-order valence-electron chi connectivity index (χ4n) is 1.97. The van der Waals surface area contributed by atoms with Crippen molar-refractivity contribution < 1.29 is 9.72 Å². The van der Waals surface area contributed by atoms with Crippen molar-refractivity contribution in [2.75, 3.05) is 0 Å². The van der Waals surface area contributed by atoms with Crippen LogP contribution in [0, 0.1) is 10.1 Å². The Morgan fingerprint density at radius 1 is 0.955 bits per heavy atom. The first kappa shape index (κ1) is 20.3. The molecule has 0 aromatic heterocycles. The van der Waals surface area contributed by atoms with Gasteiger partial charge in [-0.25, -0.2) is 0 Å². The molecule has 0 aliphatic rings. The Morgan fingerprint density at radius 2 is 1.59 bits per heavy atom. The van der Waals surface area contributed by atoms with E-state index in [1.165, 1.54) is 12.8 Å². The van der Waals surface area contributed by atoms with Crippen LogP contribution in [0.2, 0.25) is 0 Å². The summed E-state index contributed by atoms with van der Waals surface area (Å²) in [7, 11) is 0. The summed E-state index contributed by atoms with van der Waals surface area (Å²) in [6.45, 7) is 2.16. The quantitative estimate of drug-likeness (QED) is 0.142. The second-order valence-corrected chi connectivity index (χ2v) is 5.28. The molecule has 0 saturated heterocycles. The van der Waals surface area contributed by atoms with Crippen molar-refractivity contribution >= 4 is 6.29 Å². The smallest absolute Gasteiger partial charge is 0.246 e. The molecule has 0 spiro atoms. The zero-order chi connectivity index (χ0) is 16.5. The van der Waals surface area contributed by atoms with Gasteiger partial charge in [-0.1, -0.05) is 44.1 Å². The van der Waals surface area contributed by atoms with E-state index in [9.17, 15) is 14.9 Å². The summed E-state index contributed by atoms with van der Waals surface area (Å²) in [4.78, 5) is 20.8. The Bertz CT molecular complexity index is 384. The van der Waals surface area contributed by atoms with Crippen LogP contribution in [0.3, 0.4) is 0 Å². The number of nitro groups is 1. The molecule has 0 aliphatic carbocycles. The Balaban J connectivity index is 3.97. The van der Waals surface area contributed by atoms with Crippen LogP contribution in [-0.2, 0) is 4.79 Å². The highest BCUT2D eigenvalue weighted by atomic mass is 16.6. The summed E-state index contributed by atoms with van der Waals surface area (Å²) < 4.78 is 0. The lowest BCUT2D eigenvalue weighted by molar-refractivity contribution is -0.427. The standard InChI is InChI=1S/C18H29NO3/c1-2-3-4-5-9-12-15-18(19(21)22)16-13-10-7-6-8-11-14-17-20/h7,9-10,12,16-17H,2-6,8,11,13-15H2,1H3/b10-7-,12-9-,18-16+. The third-order valence-electron chi connectivity index (χ3n) is 3.30. The van der Waals surface area contributed by atoms with Gasteiger partial charge in [0.1, 0.15) is 6.29 Å². The first-order valence-electron chi connectivity index (χ1n) is 8.29. The van der Waals surface area contributed by atoms with Crippen LogP contribution in [-0.4, -0.2) is 11.2 Å². The van der Waals surface area contributed by atoms with E-state index in [2.05, 4.69) is 6.92 Å². The second-order valence-electron chi connectivity index (χ2n) is 5.28. The lowest BCUT2D eigenvalue weighted by atomic mass is 10.1. The number of allylic oxidation sites excluding steroid dienone is 5. The first-order valence-corrected chi connectivity index (χ1v) is 8.29. The molecular formula is C18H29NO3. The van der Waals surface area contributed by atoms with E-state index >= 15 is 0 Å². The number of hydrogen-bond donors (Lipinski definition) is 0. The van der Waals surface area contributed by atoms with Crippen LogP contribution in [0.5, 0.6) is 0 Å². The van der Waals surface area contributed by atoms with Gasteiger partial charge in [0.25, 0.3) is 0 Å². The van der Waals surface area contributed by atoms with Crippen LogP contribution < -0.4 is 0 Å².